The van der Waals surface area contributed by atoms with E-state index in [0.29, 0.717) is 0 Å². The molecule has 0 aromatic heterocycles. The fourth-order valence-corrected chi connectivity index (χ4v) is 3.79. The summed E-state index contributed by atoms with van der Waals surface area (Å²) < 4.78 is 0. The lowest BCUT2D eigenvalue weighted by Crippen LogP contribution is -2.00. The van der Waals surface area contributed by atoms with Crippen LogP contribution in [0.1, 0.15) is 5.56 Å². The van der Waals surface area contributed by atoms with Gasteiger partial charge < -0.3 is 0 Å². The second-order valence-electron chi connectivity index (χ2n) is 4.35. The molecule has 0 heterocycles. The summed E-state index contributed by atoms with van der Waals surface area (Å²) in [5, 5.41) is 5.04. The molecule has 18 heavy (non-hydrogen) atoms. The standard InChI is InChI=1S/C15H11Cl2Si/c16-18(17)10-14-7-3-6-13-8-11-4-1-2-5-12(11)9-15(13)14/h1-9H,10H2. The summed E-state index contributed by atoms with van der Waals surface area (Å²) in [5.74, 6) is 0. The molecule has 3 aromatic carbocycles. The first-order chi connectivity index (χ1) is 8.74. The van der Waals surface area contributed by atoms with Gasteiger partial charge in [-0.1, -0.05) is 42.5 Å². The van der Waals surface area contributed by atoms with Crippen molar-refractivity contribution in [2.45, 2.75) is 6.04 Å². The molecule has 1 radical (unpaired) electrons. The summed E-state index contributed by atoms with van der Waals surface area (Å²) in [5.41, 5.74) is 1.25. The largest absolute Gasteiger partial charge is 0.278 e. The third-order valence-corrected chi connectivity index (χ3v) is 4.61. The average Bonchev–Trinajstić information content (AvgIpc) is 2.36. The molecule has 3 rings (SSSR count). The van der Waals surface area contributed by atoms with Crippen LogP contribution in [-0.4, -0.2) is 7.42 Å². The zero-order valence-electron chi connectivity index (χ0n) is 9.66. The highest BCUT2D eigenvalue weighted by atomic mass is 35.7. The quantitative estimate of drug-likeness (QED) is 0.352. The van der Waals surface area contributed by atoms with Gasteiger partial charge in [0.25, 0.3) is 7.42 Å². The number of rotatable bonds is 2. The Hall–Kier alpha value is -1.02. The fourth-order valence-electron chi connectivity index (χ4n) is 2.33. The maximum atomic E-state index is 6.00. The van der Waals surface area contributed by atoms with Gasteiger partial charge in [0.15, 0.2) is 0 Å². The van der Waals surface area contributed by atoms with Gasteiger partial charge >= 0.3 is 0 Å². The molecule has 3 heteroatoms. The van der Waals surface area contributed by atoms with Gasteiger partial charge in [-0.2, -0.15) is 0 Å². The predicted molar refractivity (Wildman–Crippen MR) is 82.6 cm³/mol. The van der Waals surface area contributed by atoms with Crippen molar-refractivity contribution in [1.29, 1.82) is 0 Å². The summed E-state index contributed by atoms with van der Waals surface area (Å²) >= 11 is 12.0. The van der Waals surface area contributed by atoms with Gasteiger partial charge in [0.1, 0.15) is 0 Å². The lowest BCUT2D eigenvalue weighted by molar-refractivity contribution is 1.44. The number of halogens is 2. The zero-order chi connectivity index (χ0) is 12.5. The Morgan fingerprint density at radius 3 is 2.17 bits per heavy atom. The Balaban J connectivity index is 2.29. The second kappa shape index (κ2) is 4.92. The molecule has 0 nitrogen and oxygen atoms in total. The molecule has 0 spiro atoms. The van der Waals surface area contributed by atoms with Crippen molar-refractivity contribution >= 4 is 51.1 Å². The predicted octanol–water partition coefficient (Wildman–Crippen LogP) is 5.04. The molecule has 0 unspecified atom stereocenters. The topological polar surface area (TPSA) is 0 Å². The van der Waals surface area contributed by atoms with Crippen LogP contribution in [-0.2, 0) is 6.04 Å². The monoisotopic (exact) mass is 289 g/mol. The first-order valence-electron chi connectivity index (χ1n) is 5.81. The number of fused-ring (bicyclic) bond motifs is 2. The zero-order valence-corrected chi connectivity index (χ0v) is 12.2. The highest BCUT2D eigenvalue weighted by molar-refractivity contribution is 7.33. The van der Waals surface area contributed by atoms with Crippen LogP contribution in [0.4, 0.5) is 0 Å². The minimum Gasteiger partial charge on any atom is -0.146 e. The number of hydrogen-bond donors (Lipinski definition) is 0. The molecular weight excluding hydrogens is 279 g/mol. The highest BCUT2D eigenvalue weighted by Crippen LogP contribution is 2.26. The summed E-state index contributed by atoms with van der Waals surface area (Å²) in [4.78, 5) is 0. The minimum absolute atomic E-state index is 0.781. The summed E-state index contributed by atoms with van der Waals surface area (Å²) in [6.45, 7) is 0. The normalized spacial score (nSPS) is 11.5. The Kier molecular flexibility index (Phi) is 3.29. The Morgan fingerprint density at radius 2 is 1.44 bits per heavy atom. The van der Waals surface area contributed by atoms with E-state index < -0.39 is 7.42 Å². The summed E-state index contributed by atoms with van der Waals surface area (Å²) in [6, 6.07) is 20.0. The molecule has 0 amide bonds. The number of hydrogen-bond acceptors (Lipinski definition) is 0. The smallest absolute Gasteiger partial charge is 0.146 e. The molecule has 0 fully saturated rings. The van der Waals surface area contributed by atoms with Crippen molar-refractivity contribution < 1.29 is 0 Å². The molecule has 0 bridgehead atoms. The van der Waals surface area contributed by atoms with E-state index in [9.17, 15) is 0 Å². The molecule has 0 atom stereocenters. The highest BCUT2D eigenvalue weighted by Gasteiger charge is 2.09. The summed E-state index contributed by atoms with van der Waals surface area (Å²) in [6.07, 6.45) is 0. The Morgan fingerprint density at radius 1 is 0.778 bits per heavy atom. The van der Waals surface area contributed by atoms with E-state index >= 15 is 0 Å². The van der Waals surface area contributed by atoms with Crippen LogP contribution in [0.3, 0.4) is 0 Å². The van der Waals surface area contributed by atoms with E-state index in [0.717, 1.165) is 6.04 Å². The van der Waals surface area contributed by atoms with Gasteiger partial charge in [0, 0.05) is 0 Å². The third kappa shape index (κ3) is 2.26. The van der Waals surface area contributed by atoms with Crippen LogP contribution in [0.2, 0.25) is 0 Å². The van der Waals surface area contributed by atoms with Crippen molar-refractivity contribution in [3.63, 3.8) is 0 Å². The Labute approximate surface area is 117 Å². The molecule has 0 saturated carbocycles. The maximum absolute atomic E-state index is 6.00. The van der Waals surface area contributed by atoms with Gasteiger partial charge in [0.05, 0.1) is 0 Å². The van der Waals surface area contributed by atoms with E-state index in [1.54, 1.807) is 0 Å². The van der Waals surface area contributed by atoms with E-state index in [1.807, 2.05) is 0 Å². The van der Waals surface area contributed by atoms with Crippen molar-refractivity contribution in [2.24, 2.45) is 0 Å². The van der Waals surface area contributed by atoms with Gasteiger partial charge in [0.2, 0.25) is 0 Å². The maximum Gasteiger partial charge on any atom is 0.278 e. The van der Waals surface area contributed by atoms with E-state index in [4.69, 9.17) is 22.2 Å². The van der Waals surface area contributed by atoms with Crippen LogP contribution in [0.15, 0.2) is 54.6 Å². The third-order valence-electron chi connectivity index (χ3n) is 3.16. The van der Waals surface area contributed by atoms with Crippen LogP contribution in [0, 0.1) is 0 Å². The fraction of sp³-hybridized carbons (Fsp3) is 0.0667. The van der Waals surface area contributed by atoms with E-state index in [-0.39, 0.29) is 0 Å². The Bertz CT molecular complexity index is 707. The van der Waals surface area contributed by atoms with E-state index in [1.165, 1.54) is 27.1 Å². The lowest BCUT2D eigenvalue weighted by atomic mass is 10.0. The number of benzene rings is 3. The van der Waals surface area contributed by atoms with Gasteiger partial charge in [-0.15, -0.1) is 22.2 Å². The van der Waals surface area contributed by atoms with Gasteiger partial charge in [-0.25, -0.2) is 0 Å². The van der Waals surface area contributed by atoms with Crippen LogP contribution < -0.4 is 0 Å². The molecule has 0 N–H and O–H groups in total. The molecule has 89 valence electrons. The molecule has 3 aromatic rings. The molecular formula is C15H11Cl2Si. The van der Waals surface area contributed by atoms with Gasteiger partial charge in [-0.05, 0) is 45.3 Å². The van der Waals surface area contributed by atoms with Crippen LogP contribution >= 0.6 is 22.2 Å². The van der Waals surface area contributed by atoms with Crippen molar-refractivity contribution in [3.8, 4) is 0 Å². The first-order valence-corrected chi connectivity index (χ1v) is 9.54. The molecule has 0 aliphatic heterocycles. The van der Waals surface area contributed by atoms with Crippen molar-refractivity contribution in [1.82, 2.24) is 0 Å². The second-order valence-corrected chi connectivity index (χ2v) is 8.70. The molecule has 0 aliphatic carbocycles. The van der Waals surface area contributed by atoms with Crippen LogP contribution in [0.5, 0.6) is 0 Å². The van der Waals surface area contributed by atoms with Crippen LogP contribution in [0.25, 0.3) is 21.5 Å². The molecule has 0 aliphatic rings. The molecule has 0 saturated heterocycles. The first kappa shape index (κ1) is 12.0. The minimum atomic E-state index is -1.29. The lowest BCUT2D eigenvalue weighted by Gasteiger charge is -2.08. The summed E-state index contributed by atoms with van der Waals surface area (Å²) in [7, 11) is -1.29. The SMILES string of the molecule is Cl[Si](Cl)Cc1cccc2cc3ccccc3cc12. The average molecular weight is 290 g/mol. The van der Waals surface area contributed by atoms with Crippen molar-refractivity contribution in [3.05, 3.63) is 60.2 Å². The van der Waals surface area contributed by atoms with Gasteiger partial charge in [-0.3, -0.25) is 0 Å². The van der Waals surface area contributed by atoms with Crippen molar-refractivity contribution in [2.75, 3.05) is 0 Å². The van der Waals surface area contributed by atoms with E-state index in [2.05, 4.69) is 54.6 Å².